The van der Waals surface area contributed by atoms with Crippen molar-refractivity contribution < 1.29 is 4.79 Å². The van der Waals surface area contributed by atoms with Crippen molar-refractivity contribution in [1.82, 2.24) is 0 Å². The Hall–Kier alpha value is -0.370. The first kappa shape index (κ1) is 16.7. The van der Waals surface area contributed by atoms with Crippen LogP contribution in [0.1, 0.15) is 64.2 Å². The normalized spacial score (nSPS) is 14.4. The van der Waals surface area contributed by atoms with E-state index in [4.69, 9.17) is 0 Å². The molecule has 0 atom stereocenters. The average molecular weight is 327 g/mol. The second-order valence-corrected chi connectivity index (χ2v) is 6.18. The van der Waals surface area contributed by atoms with E-state index in [9.17, 15) is 4.79 Å². The van der Waals surface area contributed by atoms with Gasteiger partial charge in [-0.2, -0.15) is 0 Å². The van der Waals surface area contributed by atoms with Gasteiger partial charge in [0.25, 0.3) is 0 Å². The van der Waals surface area contributed by atoms with Crippen molar-refractivity contribution in [1.29, 1.82) is 0 Å². The number of carbonyl (C=O) groups excluding carboxylic acids is 1. The maximum Gasteiger partial charge on any atom is 0.143 e. The van der Waals surface area contributed by atoms with E-state index in [1.54, 1.807) is 0 Å². The molecule has 0 aromatic heterocycles. The summed E-state index contributed by atoms with van der Waals surface area (Å²) in [5, 5.41) is 1.15. The fraction of sp³-hybridized carbons (Fsp3) is 0.706. The molecule has 0 fully saturated rings. The Morgan fingerprint density at radius 3 is 1.79 bits per heavy atom. The molecule has 0 aromatic carbocycles. The standard InChI is InChI=1S/C17H27BrO/c18-15-11-7-5-3-1-2-4-6-8-14-17(19)16-12-9-10-13-16/h9-10,12-13,16H,1-8,11,14-15H2. The van der Waals surface area contributed by atoms with E-state index < -0.39 is 0 Å². The number of Topliss-reactive ketones (excluding diaryl/α,β-unsaturated/α-hetero) is 1. The number of alkyl halides is 1. The lowest BCUT2D eigenvalue weighted by Gasteiger charge is -2.04. The summed E-state index contributed by atoms with van der Waals surface area (Å²) in [6, 6.07) is 0. The molecule has 0 unspecified atom stereocenters. The van der Waals surface area contributed by atoms with Gasteiger partial charge >= 0.3 is 0 Å². The third-order valence-corrected chi connectivity index (χ3v) is 4.24. The second kappa shape index (κ2) is 11.5. The Labute approximate surface area is 126 Å². The molecule has 0 saturated carbocycles. The highest BCUT2D eigenvalue weighted by Crippen LogP contribution is 2.15. The van der Waals surface area contributed by atoms with Crippen LogP contribution in [0.5, 0.6) is 0 Å². The van der Waals surface area contributed by atoms with Gasteiger partial charge in [0.05, 0.1) is 5.92 Å². The van der Waals surface area contributed by atoms with Crippen LogP contribution in [0.2, 0.25) is 0 Å². The molecular weight excluding hydrogens is 300 g/mol. The molecule has 1 aliphatic rings. The van der Waals surface area contributed by atoms with Crippen LogP contribution in [0.15, 0.2) is 24.3 Å². The minimum absolute atomic E-state index is 0.0782. The second-order valence-electron chi connectivity index (χ2n) is 5.38. The molecule has 1 aliphatic carbocycles. The van der Waals surface area contributed by atoms with Gasteiger partial charge in [-0.3, -0.25) is 4.79 Å². The van der Waals surface area contributed by atoms with Gasteiger partial charge in [0.2, 0.25) is 0 Å². The summed E-state index contributed by atoms with van der Waals surface area (Å²) in [5.41, 5.74) is 0. The number of hydrogen-bond acceptors (Lipinski definition) is 1. The fourth-order valence-electron chi connectivity index (χ4n) is 2.44. The van der Waals surface area contributed by atoms with E-state index >= 15 is 0 Å². The van der Waals surface area contributed by atoms with Crippen molar-refractivity contribution in [3.63, 3.8) is 0 Å². The summed E-state index contributed by atoms with van der Waals surface area (Å²) in [6.07, 6.45) is 20.4. The van der Waals surface area contributed by atoms with Gasteiger partial charge in [-0.05, 0) is 12.8 Å². The number of hydrogen-bond donors (Lipinski definition) is 0. The number of ketones is 1. The predicted octanol–water partition coefficient (Wildman–Crippen LogP) is 5.59. The highest BCUT2D eigenvalue weighted by Gasteiger charge is 2.12. The monoisotopic (exact) mass is 326 g/mol. The van der Waals surface area contributed by atoms with Crippen LogP contribution in [0.4, 0.5) is 0 Å². The average Bonchev–Trinajstić information content (AvgIpc) is 2.95. The van der Waals surface area contributed by atoms with E-state index in [1.165, 1.54) is 51.4 Å². The van der Waals surface area contributed by atoms with E-state index in [-0.39, 0.29) is 5.92 Å². The Morgan fingerprint density at radius 2 is 1.26 bits per heavy atom. The maximum atomic E-state index is 11.8. The highest BCUT2D eigenvalue weighted by atomic mass is 79.9. The molecule has 0 heterocycles. The molecule has 108 valence electrons. The van der Waals surface area contributed by atoms with E-state index in [0.717, 1.165) is 18.2 Å². The predicted molar refractivity (Wildman–Crippen MR) is 86.7 cm³/mol. The first-order valence-electron chi connectivity index (χ1n) is 7.78. The lowest BCUT2D eigenvalue weighted by Crippen LogP contribution is -2.07. The minimum Gasteiger partial charge on any atom is -0.299 e. The van der Waals surface area contributed by atoms with Gasteiger partial charge in [0.15, 0.2) is 0 Å². The van der Waals surface area contributed by atoms with Crippen molar-refractivity contribution in [3.8, 4) is 0 Å². The molecule has 0 saturated heterocycles. The molecule has 0 aliphatic heterocycles. The number of carbonyl (C=O) groups is 1. The van der Waals surface area contributed by atoms with Gasteiger partial charge in [-0.15, -0.1) is 0 Å². The summed E-state index contributed by atoms with van der Waals surface area (Å²) in [4.78, 5) is 11.8. The largest absolute Gasteiger partial charge is 0.299 e. The highest BCUT2D eigenvalue weighted by molar-refractivity contribution is 9.09. The molecule has 1 nitrogen and oxygen atoms in total. The lowest BCUT2D eigenvalue weighted by molar-refractivity contribution is -0.120. The summed E-state index contributed by atoms with van der Waals surface area (Å²) in [7, 11) is 0. The van der Waals surface area contributed by atoms with Crippen molar-refractivity contribution in [3.05, 3.63) is 24.3 Å². The zero-order valence-electron chi connectivity index (χ0n) is 12.0. The van der Waals surface area contributed by atoms with Gasteiger partial charge in [0, 0.05) is 11.8 Å². The zero-order chi connectivity index (χ0) is 13.8. The van der Waals surface area contributed by atoms with Crippen LogP contribution in [0.25, 0.3) is 0 Å². The SMILES string of the molecule is O=C(CCCCCCCCCCCBr)C1C=CC=C1. The van der Waals surface area contributed by atoms with Gasteiger partial charge in [-0.25, -0.2) is 0 Å². The van der Waals surface area contributed by atoms with Crippen LogP contribution in [0, 0.1) is 5.92 Å². The van der Waals surface area contributed by atoms with E-state index in [2.05, 4.69) is 15.9 Å². The van der Waals surface area contributed by atoms with E-state index in [1.807, 2.05) is 24.3 Å². The molecule has 19 heavy (non-hydrogen) atoms. The first-order valence-corrected chi connectivity index (χ1v) is 8.90. The number of allylic oxidation sites excluding steroid dienone is 4. The zero-order valence-corrected chi connectivity index (χ0v) is 13.5. The third kappa shape index (κ3) is 8.41. The Kier molecular flexibility index (Phi) is 10.1. The Bertz CT molecular complexity index is 282. The summed E-state index contributed by atoms with van der Waals surface area (Å²) in [5.74, 6) is 0.467. The molecule has 1 rings (SSSR count). The van der Waals surface area contributed by atoms with Crippen LogP contribution in [-0.4, -0.2) is 11.1 Å². The first-order chi connectivity index (χ1) is 9.34. The quantitative estimate of drug-likeness (QED) is 0.337. The van der Waals surface area contributed by atoms with Crippen molar-refractivity contribution in [2.24, 2.45) is 5.92 Å². The van der Waals surface area contributed by atoms with Gasteiger partial charge in [-0.1, -0.05) is 85.2 Å². The minimum atomic E-state index is 0.0782. The Balaban J connectivity index is 1.82. The van der Waals surface area contributed by atoms with Crippen LogP contribution >= 0.6 is 15.9 Å². The van der Waals surface area contributed by atoms with Crippen LogP contribution in [0.3, 0.4) is 0 Å². The number of rotatable bonds is 12. The maximum absolute atomic E-state index is 11.8. The summed E-state index contributed by atoms with van der Waals surface area (Å²) in [6.45, 7) is 0. The summed E-state index contributed by atoms with van der Waals surface area (Å²) >= 11 is 3.46. The summed E-state index contributed by atoms with van der Waals surface area (Å²) < 4.78 is 0. The molecule has 0 aromatic rings. The van der Waals surface area contributed by atoms with Gasteiger partial charge in [0.1, 0.15) is 5.78 Å². The number of unbranched alkanes of at least 4 members (excludes halogenated alkanes) is 8. The van der Waals surface area contributed by atoms with Crippen molar-refractivity contribution in [2.75, 3.05) is 5.33 Å². The van der Waals surface area contributed by atoms with Crippen LogP contribution < -0.4 is 0 Å². The third-order valence-electron chi connectivity index (χ3n) is 3.68. The topological polar surface area (TPSA) is 17.1 Å². The smallest absolute Gasteiger partial charge is 0.143 e. The number of halogens is 1. The lowest BCUT2D eigenvalue weighted by atomic mass is 10.00. The fourth-order valence-corrected chi connectivity index (χ4v) is 2.84. The van der Waals surface area contributed by atoms with Crippen molar-refractivity contribution in [2.45, 2.75) is 64.2 Å². The Morgan fingerprint density at radius 1 is 0.789 bits per heavy atom. The molecule has 0 bridgehead atoms. The molecule has 0 N–H and O–H groups in total. The molecule has 0 spiro atoms. The van der Waals surface area contributed by atoms with Crippen LogP contribution in [-0.2, 0) is 4.79 Å². The van der Waals surface area contributed by atoms with Gasteiger partial charge < -0.3 is 0 Å². The van der Waals surface area contributed by atoms with E-state index in [0.29, 0.717) is 5.78 Å². The molecule has 0 radical (unpaired) electrons. The molecule has 0 amide bonds. The van der Waals surface area contributed by atoms with Crippen molar-refractivity contribution >= 4 is 21.7 Å². The molecule has 2 heteroatoms. The molecular formula is C17H27BrO.